The highest BCUT2D eigenvalue weighted by molar-refractivity contribution is 5.83. The Bertz CT molecular complexity index is 329. The van der Waals surface area contributed by atoms with E-state index in [2.05, 4.69) is 39.1 Å². The van der Waals surface area contributed by atoms with E-state index in [0.717, 1.165) is 12.8 Å². The maximum absolute atomic E-state index is 12.1. The van der Waals surface area contributed by atoms with Gasteiger partial charge < -0.3 is 10.4 Å². The van der Waals surface area contributed by atoms with Gasteiger partial charge in [-0.15, -0.1) is 0 Å². The van der Waals surface area contributed by atoms with Crippen LogP contribution in [-0.4, -0.2) is 23.7 Å². The zero-order chi connectivity index (χ0) is 13.9. The van der Waals surface area contributed by atoms with Crippen molar-refractivity contribution in [1.29, 1.82) is 0 Å². The summed E-state index contributed by atoms with van der Waals surface area (Å²) in [7, 11) is 0. The number of hydrogen-bond donors (Lipinski definition) is 2. The summed E-state index contributed by atoms with van der Waals surface area (Å²) in [6.07, 6.45) is 3.45. The first-order valence-electron chi connectivity index (χ1n) is 6.91. The van der Waals surface area contributed by atoms with Gasteiger partial charge in [-0.3, -0.25) is 4.79 Å². The number of nitrogens with one attached hydrogen (secondary N) is 1. The fraction of sp³-hybridized carbons (Fsp3) is 0.800. The summed E-state index contributed by atoms with van der Waals surface area (Å²) < 4.78 is 0. The molecule has 1 aliphatic carbocycles. The first kappa shape index (κ1) is 15.2. The van der Waals surface area contributed by atoms with E-state index in [1.165, 1.54) is 5.57 Å². The molecule has 0 radical (unpaired) electrons. The summed E-state index contributed by atoms with van der Waals surface area (Å²) >= 11 is 0. The highest BCUT2D eigenvalue weighted by Gasteiger charge is 2.60. The van der Waals surface area contributed by atoms with Gasteiger partial charge in [0.1, 0.15) is 0 Å². The van der Waals surface area contributed by atoms with Crippen molar-refractivity contribution in [2.45, 2.75) is 53.6 Å². The summed E-state index contributed by atoms with van der Waals surface area (Å²) in [6.45, 7) is 10.8. The van der Waals surface area contributed by atoms with Gasteiger partial charge in [0.15, 0.2) is 0 Å². The van der Waals surface area contributed by atoms with Crippen LogP contribution in [0.3, 0.4) is 0 Å². The van der Waals surface area contributed by atoms with Crippen molar-refractivity contribution >= 4 is 5.91 Å². The van der Waals surface area contributed by atoms with Gasteiger partial charge in [-0.2, -0.15) is 0 Å². The highest BCUT2D eigenvalue weighted by atomic mass is 16.3. The molecule has 1 amide bonds. The summed E-state index contributed by atoms with van der Waals surface area (Å²) in [6, 6.07) is 0. The van der Waals surface area contributed by atoms with Gasteiger partial charge in [-0.25, -0.2) is 0 Å². The molecule has 1 aliphatic rings. The molecule has 0 heterocycles. The van der Waals surface area contributed by atoms with Crippen LogP contribution >= 0.6 is 0 Å². The van der Waals surface area contributed by atoms with E-state index in [9.17, 15) is 9.90 Å². The summed E-state index contributed by atoms with van der Waals surface area (Å²) in [4.78, 5) is 12.1. The molecule has 0 aromatic carbocycles. The Morgan fingerprint density at radius 2 is 2.06 bits per heavy atom. The normalized spacial score (nSPS) is 26.3. The lowest BCUT2D eigenvalue weighted by atomic mass is 10.1. The predicted octanol–water partition coefficient (Wildman–Crippen LogP) is 2.50. The van der Waals surface area contributed by atoms with Gasteiger partial charge in [0.2, 0.25) is 5.91 Å². The van der Waals surface area contributed by atoms with Crippen molar-refractivity contribution in [2.75, 3.05) is 6.54 Å². The number of carbonyl (C=O) groups excluding carboxylic acids is 1. The minimum Gasteiger partial charge on any atom is -0.391 e. The number of amides is 1. The van der Waals surface area contributed by atoms with Crippen molar-refractivity contribution in [2.24, 2.45) is 17.3 Å². The van der Waals surface area contributed by atoms with Gasteiger partial charge in [-0.05, 0) is 31.6 Å². The number of hydrogen-bond acceptors (Lipinski definition) is 2. The lowest BCUT2D eigenvalue weighted by Crippen LogP contribution is -2.34. The average molecular weight is 253 g/mol. The summed E-state index contributed by atoms with van der Waals surface area (Å²) in [5.41, 5.74) is 1.31. The number of aliphatic hydroxyl groups excluding tert-OH is 1. The van der Waals surface area contributed by atoms with Gasteiger partial charge >= 0.3 is 0 Å². The van der Waals surface area contributed by atoms with Crippen LogP contribution in [0.1, 0.15) is 47.5 Å². The molecule has 1 saturated carbocycles. The smallest absolute Gasteiger partial charge is 0.224 e. The first-order valence-corrected chi connectivity index (χ1v) is 6.91. The van der Waals surface area contributed by atoms with Gasteiger partial charge in [0.25, 0.3) is 0 Å². The van der Waals surface area contributed by atoms with E-state index >= 15 is 0 Å². The molecule has 2 N–H and O–H groups in total. The topological polar surface area (TPSA) is 49.3 Å². The van der Waals surface area contributed by atoms with E-state index in [1.807, 2.05) is 6.92 Å². The van der Waals surface area contributed by atoms with E-state index in [1.54, 1.807) is 0 Å². The molecule has 0 aromatic heterocycles. The Kier molecular flexibility index (Phi) is 4.97. The van der Waals surface area contributed by atoms with Crippen LogP contribution in [0.15, 0.2) is 11.6 Å². The fourth-order valence-electron chi connectivity index (χ4n) is 2.61. The number of allylic oxidation sites excluding steroid dienone is 2. The third kappa shape index (κ3) is 3.58. The SMILES string of the molecule is CCCC(O)CNC(=O)C1C(C=C(C)C)C1(C)C. The third-order valence-corrected chi connectivity index (χ3v) is 3.84. The molecule has 0 aliphatic heterocycles. The van der Waals surface area contributed by atoms with Gasteiger partial charge in [0, 0.05) is 6.54 Å². The monoisotopic (exact) mass is 253 g/mol. The Morgan fingerprint density at radius 3 is 2.56 bits per heavy atom. The molecule has 3 nitrogen and oxygen atoms in total. The molecule has 0 aromatic rings. The second-order valence-electron chi connectivity index (χ2n) is 6.26. The Hall–Kier alpha value is -0.830. The molecule has 1 fully saturated rings. The zero-order valence-corrected chi connectivity index (χ0v) is 12.3. The second kappa shape index (κ2) is 5.87. The van der Waals surface area contributed by atoms with Crippen LogP contribution in [0.2, 0.25) is 0 Å². The molecule has 1 rings (SSSR count). The average Bonchev–Trinajstić information content (AvgIpc) is 2.76. The zero-order valence-electron chi connectivity index (χ0n) is 12.3. The van der Waals surface area contributed by atoms with Crippen LogP contribution in [0.5, 0.6) is 0 Å². The van der Waals surface area contributed by atoms with E-state index in [4.69, 9.17) is 0 Å². The Morgan fingerprint density at radius 1 is 1.44 bits per heavy atom. The van der Waals surface area contributed by atoms with Crippen molar-refractivity contribution in [1.82, 2.24) is 5.32 Å². The molecule has 0 bridgehead atoms. The molecular formula is C15H27NO2. The van der Waals surface area contributed by atoms with Gasteiger partial charge in [-0.1, -0.05) is 38.8 Å². The summed E-state index contributed by atoms with van der Waals surface area (Å²) in [5, 5.41) is 12.5. The Balaban J connectivity index is 2.46. The maximum atomic E-state index is 12.1. The number of aliphatic hydroxyl groups is 1. The van der Waals surface area contributed by atoms with Crippen LogP contribution in [0.4, 0.5) is 0 Å². The standard InChI is InChI=1S/C15H27NO2/c1-6-7-11(17)9-16-14(18)13-12(8-10(2)3)15(13,4)5/h8,11-13,17H,6-7,9H2,1-5H3,(H,16,18). The molecule has 3 heteroatoms. The van der Waals surface area contributed by atoms with Crippen LogP contribution in [0.25, 0.3) is 0 Å². The molecule has 3 unspecified atom stereocenters. The van der Waals surface area contributed by atoms with Crippen molar-refractivity contribution in [3.8, 4) is 0 Å². The van der Waals surface area contributed by atoms with Gasteiger partial charge in [0.05, 0.1) is 12.0 Å². The molecule has 18 heavy (non-hydrogen) atoms. The quantitative estimate of drug-likeness (QED) is 0.715. The number of rotatable bonds is 6. The van der Waals surface area contributed by atoms with Crippen LogP contribution in [0, 0.1) is 17.3 Å². The van der Waals surface area contributed by atoms with Crippen molar-refractivity contribution < 1.29 is 9.90 Å². The summed E-state index contributed by atoms with van der Waals surface area (Å²) in [5.74, 6) is 0.477. The third-order valence-electron chi connectivity index (χ3n) is 3.84. The second-order valence-corrected chi connectivity index (χ2v) is 6.26. The predicted molar refractivity (Wildman–Crippen MR) is 74.1 cm³/mol. The fourth-order valence-corrected chi connectivity index (χ4v) is 2.61. The van der Waals surface area contributed by atoms with E-state index in [-0.39, 0.29) is 17.2 Å². The minimum atomic E-state index is -0.414. The molecule has 3 atom stereocenters. The molecular weight excluding hydrogens is 226 g/mol. The highest BCUT2D eigenvalue weighted by Crippen LogP contribution is 2.59. The molecule has 104 valence electrons. The van der Waals surface area contributed by atoms with E-state index < -0.39 is 6.10 Å². The molecule has 0 spiro atoms. The largest absolute Gasteiger partial charge is 0.391 e. The van der Waals surface area contributed by atoms with Crippen LogP contribution < -0.4 is 5.32 Å². The number of carbonyl (C=O) groups is 1. The lowest BCUT2D eigenvalue weighted by Gasteiger charge is -2.11. The van der Waals surface area contributed by atoms with Crippen LogP contribution in [-0.2, 0) is 4.79 Å². The van der Waals surface area contributed by atoms with Crippen molar-refractivity contribution in [3.05, 3.63) is 11.6 Å². The maximum Gasteiger partial charge on any atom is 0.224 e. The van der Waals surface area contributed by atoms with E-state index in [0.29, 0.717) is 12.5 Å². The first-order chi connectivity index (χ1) is 8.30. The molecule has 0 saturated heterocycles. The Labute approximate surface area is 111 Å². The van der Waals surface area contributed by atoms with Crippen molar-refractivity contribution in [3.63, 3.8) is 0 Å². The minimum absolute atomic E-state index is 0.0526. The lowest BCUT2D eigenvalue weighted by molar-refractivity contribution is -0.123.